The van der Waals surface area contributed by atoms with Crippen LogP contribution in [0, 0.1) is 0 Å². The molecule has 1 heterocycles. The van der Waals surface area contributed by atoms with Gasteiger partial charge in [0, 0.05) is 34.2 Å². The zero-order chi connectivity index (χ0) is 12.0. The van der Waals surface area contributed by atoms with E-state index in [1.165, 1.54) is 0 Å². The molecule has 90 valence electrons. The van der Waals surface area contributed by atoms with Gasteiger partial charge in [-0.2, -0.15) is 15.0 Å². The lowest BCUT2D eigenvalue weighted by Gasteiger charge is -2.12. The third kappa shape index (κ3) is 3.50. The minimum absolute atomic E-state index is 0.0878. The average Bonchev–Trinajstić information content (AvgIpc) is 2.29. The number of hydrogen-bond acceptors (Lipinski definition) is 7. The van der Waals surface area contributed by atoms with Crippen LogP contribution >= 0.6 is 0 Å². The highest BCUT2D eigenvalue weighted by Crippen LogP contribution is 2.12. The molecule has 7 heteroatoms. The van der Waals surface area contributed by atoms with Gasteiger partial charge >= 0.3 is 6.01 Å². The van der Waals surface area contributed by atoms with E-state index in [1.807, 2.05) is 14.1 Å². The maximum absolute atomic E-state index is 8.63. The molecule has 0 amide bonds. The third-order valence-electron chi connectivity index (χ3n) is 1.76. The highest BCUT2D eigenvalue weighted by atomic mass is 16.5. The van der Waals surface area contributed by atoms with Crippen molar-refractivity contribution in [3.05, 3.63) is 0 Å². The first-order chi connectivity index (χ1) is 7.67. The Balaban J connectivity index is 2.78. The van der Waals surface area contributed by atoms with Crippen molar-refractivity contribution in [2.24, 2.45) is 0 Å². The van der Waals surface area contributed by atoms with Crippen molar-refractivity contribution >= 4 is 11.9 Å². The molecule has 0 spiro atoms. The van der Waals surface area contributed by atoms with Gasteiger partial charge in [0.25, 0.3) is 0 Å². The van der Waals surface area contributed by atoms with Gasteiger partial charge in [0.05, 0.1) is 6.61 Å². The molecule has 0 aliphatic carbocycles. The quantitative estimate of drug-likeness (QED) is 0.648. The number of hydrogen-bond donors (Lipinski definition) is 2. The van der Waals surface area contributed by atoms with E-state index >= 15 is 0 Å². The Hall–Kier alpha value is -1.63. The number of nitrogens with zero attached hydrogens (tertiary/aromatic N) is 4. The van der Waals surface area contributed by atoms with Crippen molar-refractivity contribution < 1.29 is 9.84 Å². The van der Waals surface area contributed by atoms with Gasteiger partial charge in [0.1, 0.15) is 0 Å². The van der Waals surface area contributed by atoms with Gasteiger partial charge in [0.2, 0.25) is 11.9 Å². The fraction of sp³-hybridized carbons (Fsp3) is 0.667. The van der Waals surface area contributed by atoms with Crippen LogP contribution in [0.1, 0.15) is 6.42 Å². The van der Waals surface area contributed by atoms with Gasteiger partial charge in [-0.15, -0.1) is 0 Å². The van der Waals surface area contributed by atoms with E-state index in [1.54, 1.807) is 11.9 Å². The number of aromatic nitrogens is 3. The Labute approximate surface area is 94.5 Å². The van der Waals surface area contributed by atoms with Crippen molar-refractivity contribution in [2.75, 3.05) is 44.6 Å². The zero-order valence-corrected chi connectivity index (χ0v) is 9.77. The molecular weight excluding hydrogens is 210 g/mol. The fourth-order valence-electron chi connectivity index (χ4n) is 0.950. The van der Waals surface area contributed by atoms with E-state index in [4.69, 9.17) is 9.84 Å². The molecule has 1 aromatic heterocycles. The topological polar surface area (TPSA) is 83.4 Å². The first-order valence-corrected chi connectivity index (χ1v) is 5.02. The van der Waals surface area contributed by atoms with Crippen molar-refractivity contribution in [3.8, 4) is 6.01 Å². The smallest absolute Gasteiger partial charge is 0.323 e. The van der Waals surface area contributed by atoms with Crippen molar-refractivity contribution in [1.29, 1.82) is 0 Å². The van der Waals surface area contributed by atoms with Crippen molar-refractivity contribution in [1.82, 2.24) is 15.0 Å². The zero-order valence-electron chi connectivity index (χ0n) is 9.77. The summed E-state index contributed by atoms with van der Waals surface area (Å²) in [5.41, 5.74) is 0. The predicted molar refractivity (Wildman–Crippen MR) is 60.9 cm³/mol. The van der Waals surface area contributed by atoms with Crippen LogP contribution in [-0.4, -0.2) is 54.4 Å². The molecule has 0 radical (unpaired) electrons. The Morgan fingerprint density at radius 3 is 2.62 bits per heavy atom. The molecule has 1 aromatic rings. The molecule has 0 unspecified atom stereocenters. The van der Waals surface area contributed by atoms with Crippen LogP contribution in [0.25, 0.3) is 0 Å². The van der Waals surface area contributed by atoms with Crippen LogP contribution in [0.4, 0.5) is 11.9 Å². The second-order valence-electron chi connectivity index (χ2n) is 3.31. The van der Waals surface area contributed by atoms with Crippen molar-refractivity contribution in [3.63, 3.8) is 0 Å². The number of rotatable bonds is 6. The van der Waals surface area contributed by atoms with Crippen LogP contribution in [0.2, 0.25) is 0 Å². The highest BCUT2D eigenvalue weighted by Gasteiger charge is 2.07. The minimum atomic E-state index is 0.0878. The van der Waals surface area contributed by atoms with E-state index in [0.29, 0.717) is 24.9 Å². The largest absolute Gasteiger partial charge is 0.463 e. The Morgan fingerprint density at radius 2 is 2.06 bits per heavy atom. The van der Waals surface area contributed by atoms with Gasteiger partial charge in [-0.1, -0.05) is 0 Å². The molecule has 0 aromatic carbocycles. The summed E-state index contributed by atoms with van der Waals surface area (Å²) < 4.78 is 5.29. The van der Waals surface area contributed by atoms with Crippen molar-refractivity contribution in [2.45, 2.75) is 6.42 Å². The lowest BCUT2D eigenvalue weighted by atomic mass is 10.5. The predicted octanol–water partition coefficient (Wildman–Crippen LogP) is -0.260. The standard InChI is InChI=1S/C9H17N5O2/c1-10-7-11-8(14(2)3)13-9(12-7)16-6-4-5-15/h15H,4-6H2,1-3H3,(H,10,11,12,13). The van der Waals surface area contributed by atoms with Gasteiger partial charge in [-0.25, -0.2) is 0 Å². The molecule has 16 heavy (non-hydrogen) atoms. The van der Waals surface area contributed by atoms with Crippen LogP contribution in [0.3, 0.4) is 0 Å². The summed E-state index contributed by atoms with van der Waals surface area (Å²) in [5, 5.41) is 11.5. The summed E-state index contributed by atoms with van der Waals surface area (Å²) in [6, 6.07) is 0.261. The SMILES string of the molecule is CNc1nc(OCCCO)nc(N(C)C)n1. The number of nitrogens with one attached hydrogen (secondary N) is 1. The molecule has 0 aliphatic heterocycles. The molecule has 1 rings (SSSR count). The number of aliphatic hydroxyl groups is 1. The summed E-state index contributed by atoms with van der Waals surface area (Å²) >= 11 is 0. The molecule has 0 aliphatic rings. The molecule has 0 bridgehead atoms. The second kappa shape index (κ2) is 6.06. The molecule has 2 N–H and O–H groups in total. The third-order valence-corrected chi connectivity index (χ3v) is 1.76. The Kier molecular flexibility index (Phi) is 4.71. The lowest BCUT2D eigenvalue weighted by molar-refractivity contribution is 0.224. The Morgan fingerprint density at radius 1 is 1.31 bits per heavy atom. The summed E-state index contributed by atoms with van der Waals surface area (Å²) in [7, 11) is 5.41. The minimum Gasteiger partial charge on any atom is -0.463 e. The van der Waals surface area contributed by atoms with Crippen LogP contribution in [0.5, 0.6) is 6.01 Å². The Bertz CT molecular complexity index is 332. The number of aliphatic hydroxyl groups excluding tert-OH is 1. The van der Waals surface area contributed by atoms with Crippen LogP contribution in [-0.2, 0) is 0 Å². The average molecular weight is 227 g/mol. The van der Waals surface area contributed by atoms with E-state index in [0.717, 1.165) is 0 Å². The van der Waals surface area contributed by atoms with E-state index in [-0.39, 0.29) is 12.6 Å². The maximum atomic E-state index is 8.63. The van der Waals surface area contributed by atoms with E-state index in [2.05, 4.69) is 20.3 Å². The summed E-state index contributed by atoms with van der Waals surface area (Å²) in [5.74, 6) is 0.982. The summed E-state index contributed by atoms with van der Waals surface area (Å²) in [6.07, 6.45) is 0.553. The first-order valence-electron chi connectivity index (χ1n) is 5.02. The first kappa shape index (κ1) is 12.4. The van der Waals surface area contributed by atoms with E-state index < -0.39 is 0 Å². The molecule has 0 saturated carbocycles. The fourth-order valence-corrected chi connectivity index (χ4v) is 0.950. The molecule has 0 saturated heterocycles. The lowest BCUT2D eigenvalue weighted by Crippen LogP contribution is -2.15. The maximum Gasteiger partial charge on any atom is 0.323 e. The molecule has 7 nitrogen and oxygen atoms in total. The van der Waals surface area contributed by atoms with E-state index in [9.17, 15) is 0 Å². The number of ether oxygens (including phenoxy) is 1. The monoisotopic (exact) mass is 227 g/mol. The highest BCUT2D eigenvalue weighted by molar-refractivity contribution is 5.36. The van der Waals surface area contributed by atoms with Gasteiger partial charge in [-0.3, -0.25) is 0 Å². The number of anilines is 2. The second-order valence-corrected chi connectivity index (χ2v) is 3.31. The molecule has 0 fully saturated rings. The molecular formula is C9H17N5O2. The summed E-state index contributed by atoms with van der Waals surface area (Å²) in [6.45, 7) is 0.473. The normalized spacial score (nSPS) is 10.0. The van der Waals surface area contributed by atoms with Gasteiger partial charge in [0.15, 0.2) is 0 Å². The summed E-state index contributed by atoms with van der Waals surface area (Å²) in [4.78, 5) is 14.1. The molecule has 0 atom stereocenters. The van der Waals surface area contributed by atoms with Gasteiger partial charge in [-0.05, 0) is 0 Å². The van der Waals surface area contributed by atoms with Gasteiger partial charge < -0.3 is 20.1 Å². The van der Waals surface area contributed by atoms with Crippen LogP contribution in [0.15, 0.2) is 0 Å². The van der Waals surface area contributed by atoms with Crippen LogP contribution < -0.4 is 15.0 Å².